The topological polar surface area (TPSA) is 140 Å². The molecule has 2 saturated heterocycles. The standard InChI is InChI=1S/C27H21ClN2O4S.C25H20N2O3S/c28-15-23(32)29-20-9-8-17(27-25(20)19-4-1-2-7-22(19)35-27)16-5-3-6-18-21(31)14-24(34-26(16)18)30-10-12-33-13-11-30;26-19-9-8-16(25-23(19)18-4-1-2-7-21(18)31-25)15-5-3-6-17-20(28)14-22(30-24(15)17)27-10-12-29-13-11-27/h1-9,14H,10-13,15H2,(H,29,32);1-9,14H,10-13,26H2. The maximum Gasteiger partial charge on any atom is 0.239 e. The molecule has 0 saturated carbocycles. The van der Waals surface area contributed by atoms with Gasteiger partial charge in [0, 0.05) is 107 Å². The van der Waals surface area contributed by atoms with Crippen LogP contribution in [0.5, 0.6) is 0 Å². The number of hydrogen-bond acceptors (Lipinski definition) is 12. The quantitative estimate of drug-likeness (QED) is 0.122. The van der Waals surface area contributed by atoms with E-state index in [-0.39, 0.29) is 22.6 Å². The highest BCUT2D eigenvalue weighted by atomic mass is 35.5. The Bertz CT molecular complexity index is 3640. The van der Waals surface area contributed by atoms with Crippen molar-refractivity contribution in [3.8, 4) is 22.3 Å². The second-order valence-corrected chi connectivity index (χ2v) is 18.5. The molecule has 6 aromatic carbocycles. The third-order valence-electron chi connectivity index (χ3n) is 12.2. The lowest BCUT2D eigenvalue weighted by atomic mass is 9.99. The van der Waals surface area contributed by atoms with Gasteiger partial charge in [-0.15, -0.1) is 34.3 Å². The van der Waals surface area contributed by atoms with Crippen LogP contribution in [-0.2, 0) is 14.3 Å². The van der Waals surface area contributed by atoms with Gasteiger partial charge in [0.05, 0.1) is 42.9 Å². The molecule has 2 aliphatic rings. The van der Waals surface area contributed by atoms with Gasteiger partial charge in [0.25, 0.3) is 0 Å². The fourth-order valence-electron chi connectivity index (χ4n) is 9.03. The Morgan fingerprint density at radius 1 is 0.576 bits per heavy atom. The summed E-state index contributed by atoms with van der Waals surface area (Å²) in [7, 11) is 0. The number of halogens is 1. The van der Waals surface area contributed by atoms with Crippen LogP contribution >= 0.6 is 34.3 Å². The average molecular weight is 934 g/mol. The number of nitrogens with one attached hydrogen (secondary N) is 1. The molecule has 1 amide bonds. The second kappa shape index (κ2) is 17.6. The number of ether oxygens (including phenoxy) is 2. The molecule has 2 aliphatic heterocycles. The third kappa shape index (κ3) is 7.52. The van der Waals surface area contributed by atoms with E-state index in [1.54, 1.807) is 40.9 Å². The van der Waals surface area contributed by atoms with E-state index in [2.05, 4.69) is 28.4 Å². The number of amides is 1. The van der Waals surface area contributed by atoms with Crippen LogP contribution in [0, 0.1) is 0 Å². The molecular weight excluding hydrogens is 892 g/mol. The van der Waals surface area contributed by atoms with Crippen LogP contribution in [0.4, 0.5) is 23.1 Å². The fraction of sp³-hybridized carbons (Fsp3) is 0.173. The number of carbonyl (C=O) groups is 1. The first-order valence-electron chi connectivity index (χ1n) is 21.6. The number of para-hydroxylation sites is 2. The minimum atomic E-state index is -0.262. The lowest BCUT2D eigenvalue weighted by Gasteiger charge is -2.27. The zero-order valence-electron chi connectivity index (χ0n) is 35.4. The van der Waals surface area contributed by atoms with Gasteiger partial charge in [-0.25, -0.2) is 0 Å². The molecule has 0 unspecified atom stereocenters. The van der Waals surface area contributed by atoms with Crippen LogP contribution in [0.2, 0.25) is 0 Å². The van der Waals surface area contributed by atoms with E-state index in [9.17, 15) is 14.4 Å². The summed E-state index contributed by atoms with van der Waals surface area (Å²) in [6.07, 6.45) is 0. The van der Waals surface area contributed by atoms with Crippen LogP contribution in [0.3, 0.4) is 0 Å². The molecule has 6 heterocycles. The summed E-state index contributed by atoms with van der Waals surface area (Å²) in [4.78, 5) is 42.3. The van der Waals surface area contributed by atoms with Crippen molar-refractivity contribution in [3.05, 3.63) is 142 Å². The number of nitrogen functional groups attached to an aromatic ring is 1. The molecule has 0 bridgehead atoms. The van der Waals surface area contributed by atoms with Crippen molar-refractivity contribution >= 4 is 126 Å². The summed E-state index contributed by atoms with van der Waals surface area (Å²) >= 11 is 9.13. The number of benzene rings is 6. The first-order valence-corrected chi connectivity index (χ1v) is 23.8. The van der Waals surface area contributed by atoms with Gasteiger partial charge in [0.2, 0.25) is 5.91 Å². The van der Waals surface area contributed by atoms with Gasteiger partial charge in [-0.3, -0.25) is 14.4 Å². The normalized spacial score (nSPS) is 14.4. The van der Waals surface area contributed by atoms with Crippen molar-refractivity contribution in [1.29, 1.82) is 0 Å². The highest BCUT2D eigenvalue weighted by Crippen LogP contribution is 2.46. The maximum absolute atomic E-state index is 13.1. The van der Waals surface area contributed by atoms with Gasteiger partial charge in [-0.05, 0) is 36.4 Å². The molecule has 66 heavy (non-hydrogen) atoms. The Labute approximate surface area is 390 Å². The van der Waals surface area contributed by atoms with Crippen LogP contribution in [0.15, 0.2) is 140 Å². The van der Waals surface area contributed by atoms with Crippen molar-refractivity contribution in [2.45, 2.75) is 0 Å². The number of thiophene rings is 2. The van der Waals surface area contributed by atoms with Crippen molar-refractivity contribution in [2.24, 2.45) is 0 Å². The Hall–Kier alpha value is -6.74. The molecule has 11 nitrogen and oxygen atoms in total. The predicted octanol–water partition coefficient (Wildman–Crippen LogP) is 11.1. The van der Waals surface area contributed by atoms with Gasteiger partial charge in [-0.1, -0.05) is 72.8 Å². The van der Waals surface area contributed by atoms with Crippen LogP contribution in [-0.4, -0.2) is 64.4 Å². The first kappa shape index (κ1) is 41.9. The minimum Gasteiger partial charge on any atom is -0.440 e. The molecule has 2 fully saturated rings. The van der Waals surface area contributed by atoms with E-state index >= 15 is 0 Å². The largest absolute Gasteiger partial charge is 0.440 e. The minimum absolute atomic E-state index is 0.0346. The Balaban J connectivity index is 0.000000147. The van der Waals surface area contributed by atoms with Crippen molar-refractivity contribution < 1.29 is 23.1 Å². The molecule has 4 aromatic heterocycles. The second-order valence-electron chi connectivity index (χ2n) is 16.1. The van der Waals surface area contributed by atoms with Crippen molar-refractivity contribution in [2.75, 3.05) is 79.3 Å². The van der Waals surface area contributed by atoms with E-state index in [1.165, 1.54) is 4.70 Å². The van der Waals surface area contributed by atoms with E-state index in [0.717, 1.165) is 63.6 Å². The van der Waals surface area contributed by atoms with Gasteiger partial charge in [0.15, 0.2) is 22.6 Å². The van der Waals surface area contributed by atoms with E-state index in [1.807, 2.05) is 89.8 Å². The number of hydrogen-bond donors (Lipinski definition) is 2. The zero-order valence-corrected chi connectivity index (χ0v) is 37.8. The van der Waals surface area contributed by atoms with Crippen LogP contribution in [0.25, 0.3) is 84.5 Å². The van der Waals surface area contributed by atoms with E-state index < -0.39 is 0 Å². The number of alkyl halides is 1. The molecule has 330 valence electrons. The number of anilines is 4. The van der Waals surface area contributed by atoms with E-state index in [4.69, 9.17) is 35.6 Å². The highest BCUT2D eigenvalue weighted by Gasteiger charge is 2.23. The molecule has 3 N–H and O–H groups in total. The Morgan fingerprint density at radius 2 is 1.05 bits per heavy atom. The summed E-state index contributed by atoms with van der Waals surface area (Å²) < 4.78 is 28.1. The van der Waals surface area contributed by atoms with Gasteiger partial charge in [-0.2, -0.15) is 0 Å². The molecule has 14 heteroatoms. The zero-order chi connectivity index (χ0) is 44.9. The monoisotopic (exact) mass is 932 g/mol. The molecule has 12 rings (SSSR count). The van der Waals surface area contributed by atoms with Crippen molar-refractivity contribution in [1.82, 2.24) is 0 Å². The molecule has 0 radical (unpaired) electrons. The van der Waals surface area contributed by atoms with Crippen molar-refractivity contribution in [3.63, 3.8) is 0 Å². The fourth-order valence-corrected chi connectivity index (χ4v) is 11.6. The summed E-state index contributed by atoms with van der Waals surface area (Å²) in [6, 6.07) is 38.8. The summed E-state index contributed by atoms with van der Waals surface area (Å²) in [5, 5.41) is 8.26. The number of rotatable bonds is 6. The number of carbonyl (C=O) groups excluding carboxylic acids is 1. The van der Waals surface area contributed by atoms with E-state index in [0.29, 0.717) is 92.0 Å². The highest BCUT2D eigenvalue weighted by molar-refractivity contribution is 7.27. The van der Waals surface area contributed by atoms with Crippen LogP contribution < -0.4 is 31.7 Å². The number of morpholine rings is 2. The summed E-state index contributed by atoms with van der Waals surface area (Å²) in [5.41, 5.74) is 12.6. The number of nitrogens with zero attached hydrogens (tertiary/aromatic N) is 2. The number of nitrogens with two attached hydrogens (primary N) is 1. The average Bonchev–Trinajstić information content (AvgIpc) is 3.95. The predicted molar refractivity (Wildman–Crippen MR) is 271 cm³/mol. The molecule has 0 atom stereocenters. The Kier molecular flexibility index (Phi) is 11.2. The summed E-state index contributed by atoms with van der Waals surface area (Å²) in [6.45, 7) is 5.21. The first-order chi connectivity index (χ1) is 32.3. The third-order valence-corrected chi connectivity index (χ3v) is 14.8. The molecule has 0 spiro atoms. The number of fused-ring (bicyclic) bond motifs is 8. The summed E-state index contributed by atoms with van der Waals surface area (Å²) in [5.74, 6) is 0.764. The van der Waals surface area contributed by atoms with Crippen LogP contribution in [0.1, 0.15) is 0 Å². The lowest BCUT2D eigenvalue weighted by molar-refractivity contribution is -0.113. The molecular formula is C52H41ClN4O7S2. The maximum atomic E-state index is 13.1. The molecule has 0 aliphatic carbocycles. The smallest absolute Gasteiger partial charge is 0.239 e. The SMILES string of the molecule is Nc1ccc(-c2cccc3c(=O)cc(N4CCOCC4)oc23)c2sc3ccccc3c12.O=C(CCl)Nc1ccc(-c2cccc3c(=O)cc(N4CCOCC4)oc23)c2sc3ccccc3c12. The van der Waals surface area contributed by atoms with Gasteiger partial charge >= 0.3 is 0 Å². The lowest BCUT2D eigenvalue weighted by Crippen LogP contribution is -2.36. The van der Waals surface area contributed by atoms with Gasteiger partial charge < -0.3 is 39.2 Å². The Morgan fingerprint density at radius 3 is 1.58 bits per heavy atom. The van der Waals surface area contributed by atoms with Gasteiger partial charge in [0.1, 0.15) is 17.0 Å². The molecule has 10 aromatic rings.